The van der Waals surface area contributed by atoms with Crippen LogP contribution in [0, 0.1) is 5.82 Å². The van der Waals surface area contributed by atoms with E-state index in [1.165, 1.54) is 31.4 Å². The van der Waals surface area contributed by atoms with Gasteiger partial charge in [0, 0.05) is 12.1 Å². The SMILES string of the molecule is CCCCCCCC(=O)Nc1ccc(F)cc1.Cl. The third-order valence-corrected chi connectivity index (χ3v) is 2.64. The number of unbranched alkanes of at least 4 members (excludes halogenated alkanes) is 4. The number of rotatable bonds is 7. The van der Waals surface area contributed by atoms with Gasteiger partial charge in [0.05, 0.1) is 0 Å². The zero-order chi connectivity index (χ0) is 12.5. The van der Waals surface area contributed by atoms with Crippen LogP contribution in [0.2, 0.25) is 0 Å². The summed E-state index contributed by atoms with van der Waals surface area (Å²) >= 11 is 0. The van der Waals surface area contributed by atoms with Gasteiger partial charge in [-0.25, -0.2) is 4.39 Å². The highest BCUT2D eigenvalue weighted by Gasteiger charge is 2.02. The molecule has 0 spiro atoms. The lowest BCUT2D eigenvalue weighted by Gasteiger charge is -2.04. The number of carbonyl (C=O) groups is 1. The highest BCUT2D eigenvalue weighted by atomic mass is 35.5. The number of benzene rings is 1. The quantitative estimate of drug-likeness (QED) is 0.726. The molecule has 0 atom stereocenters. The average molecular weight is 274 g/mol. The fourth-order valence-corrected chi connectivity index (χ4v) is 1.65. The van der Waals surface area contributed by atoms with Gasteiger partial charge in [0.2, 0.25) is 5.91 Å². The van der Waals surface area contributed by atoms with Gasteiger partial charge in [0.25, 0.3) is 0 Å². The molecule has 18 heavy (non-hydrogen) atoms. The molecule has 1 amide bonds. The van der Waals surface area contributed by atoms with Crippen LogP contribution in [0.5, 0.6) is 0 Å². The summed E-state index contributed by atoms with van der Waals surface area (Å²) in [4.78, 5) is 11.5. The molecule has 0 saturated heterocycles. The second-order valence-electron chi connectivity index (χ2n) is 4.22. The fraction of sp³-hybridized carbons (Fsp3) is 0.500. The third-order valence-electron chi connectivity index (χ3n) is 2.64. The van der Waals surface area contributed by atoms with Crippen LogP contribution in [-0.2, 0) is 4.79 Å². The summed E-state index contributed by atoms with van der Waals surface area (Å²) in [7, 11) is 0. The van der Waals surface area contributed by atoms with Crippen molar-refractivity contribution in [2.75, 3.05) is 5.32 Å². The number of nitrogens with one attached hydrogen (secondary N) is 1. The van der Waals surface area contributed by atoms with E-state index in [4.69, 9.17) is 0 Å². The maximum absolute atomic E-state index is 12.6. The van der Waals surface area contributed by atoms with Crippen molar-refractivity contribution in [1.82, 2.24) is 0 Å². The Morgan fingerprint density at radius 2 is 1.72 bits per heavy atom. The van der Waals surface area contributed by atoms with Crippen LogP contribution in [0.25, 0.3) is 0 Å². The van der Waals surface area contributed by atoms with Crippen LogP contribution < -0.4 is 5.32 Å². The van der Waals surface area contributed by atoms with Gasteiger partial charge in [-0.05, 0) is 30.7 Å². The van der Waals surface area contributed by atoms with E-state index in [9.17, 15) is 9.18 Å². The van der Waals surface area contributed by atoms with E-state index in [-0.39, 0.29) is 24.1 Å². The summed E-state index contributed by atoms with van der Waals surface area (Å²) in [5.74, 6) is -0.282. The number of halogens is 2. The fourth-order valence-electron chi connectivity index (χ4n) is 1.65. The minimum Gasteiger partial charge on any atom is -0.326 e. The van der Waals surface area contributed by atoms with Crippen LogP contribution in [0.3, 0.4) is 0 Å². The lowest BCUT2D eigenvalue weighted by atomic mass is 10.1. The zero-order valence-corrected chi connectivity index (χ0v) is 11.6. The summed E-state index contributed by atoms with van der Waals surface area (Å²) in [6, 6.07) is 5.84. The molecular formula is C14H21ClFNO. The molecule has 0 saturated carbocycles. The molecule has 1 rings (SSSR count). The molecule has 0 aliphatic rings. The smallest absolute Gasteiger partial charge is 0.224 e. The lowest BCUT2D eigenvalue weighted by Crippen LogP contribution is -2.10. The van der Waals surface area contributed by atoms with Crippen molar-refractivity contribution in [2.24, 2.45) is 0 Å². The largest absolute Gasteiger partial charge is 0.326 e. The molecule has 2 nitrogen and oxygen atoms in total. The first kappa shape index (κ1) is 16.9. The van der Waals surface area contributed by atoms with Crippen molar-refractivity contribution in [2.45, 2.75) is 45.4 Å². The molecule has 0 unspecified atom stereocenters. The molecule has 0 aromatic heterocycles. The first-order chi connectivity index (χ1) is 8.22. The normalized spacial score (nSPS) is 9.67. The molecule has 0 heterocycles. The minimum atomic E-state index is -0.289. The second kappa shape index (κ2) is 9.89. The molecule has 102 valence electrons. The maximum Gasteiger partial charge on any atom is 0.224 e. The van der Waals surface area contributed by atoms with E-state index in [0.717, 1.165) is 12.8 Å². The van der Waals surface area contributed by atoms with Gasteiger partial charge >= 0.3 is 0 Å². The number of hydrogen-bond acceptors (Lipinski definition) is 1. The topological polar surface area (TPSA) is 29.1 Å². The van der Waals surface area contributed by atoms with E-state index in [1.807, 2.05) is 0 Å². The van der Waals surface area contributed by atoms with Crippen LogP contribution in [0.1, 0.15) is 45.4 Å². The first-order valence-corrected chi connectivity index (χ1v) is 6.28. The van der Waals surface area contributed by atoms with Crippen LogP contribution >= 0.6 is 12.4 Å². The predicted octanol–water partition coefficient (Wildman–Crippen LogP) is 4.55. The second-order valence-corrected chi connectivity index (χ2v) is 4.22. The molecule has 1 aromatic rings. The van der Waals surface area contributed by atoms with E-state index >= 15 is 0 Å². The predicted molar refractivity (Wildman–Crippen MR) is 75.7 cm³/mol. The highest BCUT2D eigenvalue weighted by molar-refractivity contribution is 5.90. The molecule has 0 radical (unpaired) electrons. The Labute approximate surface area is 114 Å². The molecule has 0 aliphatic carbocycles. The Morgan fingerprint density at radius 3 is 2.33 bits per heavy atom. The van der Waals surface area contributed by atoms with E-state index in [1.54, 1.807) is 12.1 Å². The zero-order valence-electron chi connectivity index (χ0n) is 10.7. The molecule has 0 aliphatic heterocycles. The Morgan fingerprint density at radius 1 is 1.11 bits per heavy atom. The van der Waals surface area contributed by atoms with E-state index < -0.39 is 0 Å². The van der Waals surface area contributed by atoms with E-state index in [2.05, 4.69) is 12.2 Å². The Balaban J connectivity index is 0.00000289. The van der Waals surface area contributed by atoms with Crippen molar-refractivity contribution in [3.8, 4) is 0 Å². The number of hydrogen-bond donors (Lipinski definition) is 1. The molecule has 1 N–H and O–H groups in total. The van der Waals surface area contributed by atoms with Gasteiger partial charge in [-0.2, -0.15) is 0 Å². The van der Waals surface area contributed by atoms with Crippen LogP contribution in [-0.4, -0.2) is 5.91 Å². The molecule has 1 aromatic carbocycles. The summed E-state index contributed by atoms with van der Waals surface area (Å²) in [6.45, 7) is 2.17. The highest BCUT2D eigenvalue weighted by Crippen LogP contribution is 2.10. The summed E-state index contributed by atoms with van der Waals surface area (Å²) in [6.07, 6.45) is 6.21. The molecule has 0 fully saturated rings. The van der Waals surface area contributed by atoms with Gasteiger partial charge in [-0.1, -0.05) is 32.6 Å². The first-order valence-electron chi connectivity index (χ1n) is 6.28. The standard InChI is InChI=1S/C14H20FNO.ClH/c1-2-3-4-5-6-7-14(17)16-13-10-8-12(15)9-11-13;/h8-11H,2-7H2,1H3,(H,16,17);1H. The molecular weight excluding hydrogens is 253 g/mol. The third kappa shape index (κ3) is 7.28. The Bertz CT molecular complexity index is 340. The van der Waals surface area contributed by atoms with Crippen molar-refractivity contribution < 1.29 is 9.18 Å². The van der Waals surface area contributed by atoms with Gasteiger partial charge in [-0.3, -0.25) is 4.79 Å². The van der Waals surface area contributed by atoms with Crippen molar-refractivity contribution in [3.05, 3.63) is 30.1 Å². The summed E-state index contributed by atoms with van der Waals surface area (Å²) in [5.41, 5.74) is 0.657. The monoisotopic (exact) mass is 273 g/mol. The van der Waals surface area contributed by atoms with Gasteiger partial charge in [0.15, 0.2) is 0 Å². The van der Waals surface area contributed by atoms with Crippen LogP contribution in [0.4, 0.5) is 10.1 Å². The number of carbonyl (C=O) groups excluding carboxylic acids is 1. The lowest BCUT2D eigenvalue weighted by molar-refractivity contribution is -0.116. The van der Waals surface area contributed by atoms with Crippen LogP contribution in [0.15, 0.2) is 24.3 Å². The maximum atomic E-state index is 12.6. The minimum absolute atomic E-state index is 0. The van der Waals surface area contributed by atoms with E-state index in [0.29, 0.717) is 12.1 Å². The molecule has 4 heteroatoms. The van der Waals surface area contributed by atoms with Gasteiger partial charge in [-0.15, -0.1) is 12.4 Å². The van der Waals surface area contributed by atoms with Crippen molar-refractivity contribution in [3.63, 3.8) is 0 Å². The average Bonchev–Trinajstić information content (AvgIpc) is 2.32. The molecule has 0 bridgehead atoms. The summed E-state index contributed by atoms with van der Waals surface area (Å²) in [5, 5.41) is 2.75. The number of amides is 1. The van der Waals surface area contributed by atoms with Gasteiger partial charge < -0.3 is 5.32 Å². The summed E-state index contributed by atoms with van der Waals surface area (Å²) < 4.78 is 12.6. The van der Waals surface area contributed by atoms with Crippen molar-refractivity contribution >= 4 is 24.0 Å². The Hall–Kier alpha value is -1.09. The number of anilines is 1. The Kier molecular flexibility index (Phi) is 9.29. The van der Waals surface area contributed by atoms with Gasteiger partial charge in [0.1, 0.15) is 5.82 Å². The van der Waals surface area contributed by atoms with Crippen molar-refractivity contribution in [1.29, 1.82) is 0 Å².